The van der Waals surface area contributed by atoms with E-state index >= 15 is 0 Å². The number of nitrogens with one attached hydrogen (secondary N) is 1. The Morgan fingerprint density at radius 1 is 1.29 bits per heavy atom. The number of carbonyl (C=O) groups excluding carboxylic acids is 1. The Balaban J connectivity index is 2.30. The van der Waals surface area contributed by atoms with Crippen LogP contribution in [0.4, 0.5) is 24.5 Å². The molecule has 2 aromatic rings. The third-order valence-electron chi connectivity index (χ3n) is 2.54. The zero-order valence-electron chi connectivity index (χ0n) is 10.4. The maximum atomic E-state index is 12.7. The Morgan fingerprint density at radius 2 is 2.00 bits per heavy atom. The summed E-state index contributed by atoms with van der Waals surface area (Å²) in [4.78, 5) is 15.8. The zero-order chi connectivity index (χ0) is 15.6. The number of amides is 1. The second-order valence-corrected chi connectivity index (χ2v) is 5.04. The first-order chi connectivity index (χ1) is 9.77. The number of alkyl halides is 3. The van der Waals surface area contributed by atoms with Gasteiger partial charge in [-0.2, -0.15) is 13.2 Å². The van der Waals surface area contributed by atoms with Gasteiger partial charge in [-0.25, -0.2) is 4.98 Å². The molecule has 1 amide bonds. The van der Waals surface area contributed by atoms with Crippen molar-refractivity contribution in [1.82, 2.24) is 4.98 Å². The molecule has 1 aromatic heterocycles. The minimum Gasteiger partial charge on any atom is -0.397 e. The molecule has 0 radical (unpaired) electrons. The van der Waals surface area contributed by atoms with Crippen molar-refractivity contribution >= 4 is 33.2 Å². The fourth-order valence-electron chi connectivity index (χ4n) is 1.62. The first-order valence-electron chi connectivity index (χ1n) is 5.67. The van der Waals surface area contributed by atoms with Gasteiger partial charge < -0.3 is 11.1 Å². The van der Waals surface area contributed by atoms with Crippen LogP contribution < -0.4 is 11.1 Å². The lowest BCUT2D eigenvalue weighted by Crippen LogP contribution is -2.16. The van der Waals surface area contributed by atoms with Crippen LogP contribution in [0.5, 0.6) is 0 Å². The third kappa shape index (κ3) is 3.72. The highest BCUT2D eigenvalue weighted by atomic mass is 79.9. The second-order valence-electron chi connectivity index (χ2n) is 4.12. The van der Waals surface area contributed by atoms with Crippen LogP contribution in [0.3, 0.4) is 0 Å². The number of nitrogens with zero attached hydrogens (tertiary/aromatic N) is 1. The minimum atomic E-state index is -4.51. The molecule has 1 heterocycles. The number of hydrogen-bond acceptors (Lipinski definition) is 3. The van der Waals surface area contributed by atoms with Crippen LogP contribution in [0.15, 0.2) is 41.0 Å². The van der Waals surface area contributed by atoms with Crippen molar-refractivity contribution in [2.24, 2.45) is 0 Å². The Labute approximate surface area is 126 Å². The van der Waals surface area contributed by atoms with Gasteiger partial charge in [0, 0.05) is 16.4 Å². The fourth-order valence-corrected chi connectivity index (χ4v) is 2.12. The molecule has 8 heteroatoms. The van der Waals surface area contributed by atoms with Crippen LogP contribution in [0.25, 0.3) is 0 Å². The summed E-state index contributed by atoms with van der Waals surface area (Å²) in [6, 6.07) is 6.13. The van der Waals surface area contributed by atoms with Crippen LogP contribution in [-0.4, -0.2) is 10.9 Å². The lowest BCUT2D eigenvalue weighted by molar-refractivity contribution is -0.137. The molecule has 21 heavy (non-hydrogen) atoms. The maximum Gasteiger partial charge on any atom is 0.416 e. The van der Waals surface area contributed by atoms with Crippen LogP contribution >= 0.6 is 15.9 Å². The average Bonchev–Trinajstić information content (AvgIpc) is 2.37. The molecule has 0 saturated heterocycles. The quantitative estimate of drug-likeness (QED) is 0.858. The van der Waals surface area contributed by atoms with Gasteiger partial charge in [-0.05, 0) is 30.3 Å². The van der Waals surface area contributed by atoms with Crippen molar-refractivity contribution in [2.45, 2.75) is 6.18 Å². The first kappa shape index (κ1) is 15.3. The predicted octanol–water partition coefficient (Wildman–Crippen LogP) is 3.70. The first-order valence-corrected chi connectivity index (χ1v) is 6.46. The van der Waals surface area contributed by atoms with Crippen molar-refractivity contribution in [2.75, 3.05) is 11.1 Å². The molecule has 0 saturated carbocycles. The van der Waals surface area contributed by atoms with E-state index < -0.39 is 17.6 Å². The van der Waals surface area contributed by atoms with Crippen molar-refractivity contribution in [3.8, 4) is 0 Å². The molecule has 0 aliphatic rings. The van der Waals surface area contributed by atoms with Crippen molar-refractivity contribution < 1.29 is 18.0 Å². The number of nitrogens with two attached hydrogens (primary N) is 1. The summed E-state index contributed by atoms with van der Waals surface area (Å²) >= 11 is 2.97. The van der Waals surface area contributed by atoms with E-state index in [4.69, 9.17) is 5.73 Å². The summed E-state index contributed by atoms with van der Waals surface area (Å²) < 4.78 is 38.3. The molecule has 3 N–H and O–H groups in total. The summed E-state index contributed by atoms with van der Waals surface area (Å²) in [6.45, 7) is 0. The van der Waals surface area contributed by atoms with Gasteiger partial charge in [0.15, 0.2) is 5.69 Å². The lowest BCUT2D eigenvalue weighted by atomic mass is 10.2. The molecule has 0 unspecified atom stereocenters. The molecular weight excluding hydrogens is 351 g/mol. The third-order valence-corrected chi connectivity index (χ3v) is 2.99. The van der Waals surface area contributed by atoms with E-state index in [-0.39, 0.29) is 21.5 Å². The predicted molar refractivity (Wildman–Crippen MR) is 75.7 cm³/mol. The normalized spacial score (nSPS) is 11.2. The smallest absolute Gasteiger partial charge is 0.397 e. The molecular formula is C13H9BrF3N3O. The number of halogens is 4. The minimum absolute atomic E-state index is 0.00764. The Bertz CT molecular complexity index is 689. The number of anilines is 2. The van der Waals surface area contributed by atoms with Gasteiger partial charge >= 0.3 is 6.18 Å². The molecule has 2 rings (SSSR count). The number of nitrogen functional groups attached to an aromatic ring is 1. The van der Waals surface area contributed by atoms with Gasteiger partial charge in [-0.15, -0.1) is 0 Å². The molecule has 0 aliphatic heterocycles. The summed E-state index contributed by atoms with van der Waals surface area (Å²) in [5.41, 5.74) is 4.80. The second kappa shape index (κ2) is 5.72. The summed E-state index contributed by atoms with van der Waals surface area (Å²) in [5, 5.41) is 2.34. The molecule has 0 bridgehead atoms. The van der Waals surface area contributed by atoms with Gasteiger partial charge in [0.1, 0.15) is 0 Å². The zero-order valence-corrected chi connectivity index (χ0v) is 12.0. The maximum absolute atomic E-state index is 12.7. The van der Waals surface area contributed by atoms with Crippen LogP contribution in [-0.2, 0) is 6.18 Å². The Kier molecular flexibility index (Phi) is 4.17. The van der Waals surface area contributed by atoms with E-state index in [0.29, 0.717) is 0 Å². The standard InChI is InChI=1S/C13H9BrF3N3O/c14-8-4-7(13(15,16)17)5-9(6-8)20-12(21)11-10(18)2-1-3-19-11/h1-6H,18H2,(H,20,21). The number of aromatic nitrogens is 1. The number of benzene rings is 1. The molecule has 0 spiro atoms. The van der Waals surface area contributed by atoms with Gasteiger partial charge in [-0.3, -0.25) is 4.79 Å². The van der Waals surface area contributed by atoms with Gasteiger partial charge in [0.25, 0.3) is 5.91 Å². The molecule has 1 aromatic carbocycles. The van der Waals surface area contributed by atoms with E-state index in [0.717, 1.165) is 12.1 Å². The van der Waals surface area contributed by atoms with Crippen LogP contribution in [0.1, 0.15) is 16.1 Å². The van der Waals surface area contributed by atoms with Crippen molar-refractivity contribution in [3.63, 3.8) is 0 Å². The van der Waals surface area contributed by atoms with Crippen molar-refractivity contribution in [1.29, 1.82) is 0 Å². The highest BCUT2D eigenvalue weighted by Crippen LogP contribution is 2.33. The molecule has 0 aliphatic carbocycles. The largest absolute Gasteiger partial charge is 0.416 e. The number of rotatable bonds is 2. The van der Waals surface area contributed by atoms with E-state index in [1.54, 1.807) is 6.07 Å². The number of hydrogen-bond donors (Lipinski definition) is 2. The van der Waals surface area contributed by atoms with Crippen LogP contribution in [0, 0.1) is 0 Å². The monoisotopic (exact) mass is 359 g/mol. The Hall–Kier alpha value is -2.09. The van der Waals surface area contributed by atoms with E-state index in [1.165, 1.54) is 18.3 Å². The average molecular weight is 360 g/mol. The van der Waals surface area contributed by atoms with Gasteiger partial charge in [0.2, 0.25) is 0 Å². The van der Waals surface area contributed by atoms with Crippen LogP contribution in [0.2, 0.25) is 0 Å². The molecule has 0 atom stereocenters. The van der Waals surface area contributed by atoms with E-state index in [2.05, 4.69) is 26.2 Å². The summed E-state index contributed by atoms with van der Waals surface area (Å²) in [5.74, 6) is -0.681. The topological polar surface area (TPSA) is 68.0 Å². The molecule has 110 valence electrons. The summed E-state index contributed by atoms with van der Waals surface area (Å²) in [6.07, 6.45) is -3.14. The molecule has 0 fully saturated rings. The highest BCUT2D eigenvalue weighted by molar-refractivity contribution is 9.10. The highest BCUT2D eigenvalue weighted by Gasteiger charge is 2.31. The van der Waals surface area contributed by atoms with E-state index in [1.807, 2.05) is 0 Å². The fraction of sp³-hybridized carbons (Fsp3) is 0.0769. The summed E-state index contributed by atoms with van der Waals surface area (Å²) in [7, 11) is 0. The van der Waals surface area contributed by atoms with Gasteiger partial charge in [-0.1, -0.05) is 15.9 Å². The van der Waals surface area contributed by atoms with Gasteiger partial charge in [0.05, 0.1) is 11.3 Å². The number of carbonyl (C=O) groups is 1. The number of pyridine rings is 1. The van der Waals surface area contributed by atoms with Crippen molar-refractivity contribution in [3.05, 3.63) is 52.3 Å². The SMILES string of the molecule is Nc1cccnc1C(=O)Nc1cc(Br)cc(C(F)(F)F)c1. The molecule has 4 nitrogen and oxygen atoms in total. The van der Waals surface area contributed by atoms with E-state index in [9.17, 15) is 18.0 Å². The lowest BCUT2D eigenvalue weighted by Gasteiger charge is -2.11. The Morgan fingerprint density at radius 3 is 2.62 bits per heavy atom.